The van der Waals surface area contributed by atoms with Crippen LogP contribution in [0.5, 0.6) is 5.75 Å². The van der Waals surface area contributed by atoms with E-state index < -0.39 is 12.2 Å². The zero-order valence-corrected chi connectivity index (χ0v) is 11.2. The predicted octanol–water partition coefficient (Wildman–Crippen LogP) is 1.95. The summed E-state index contributed by atoms with van der Waals surface area (Å²) in [6.07, 6.45) is 0. The molecule has 1 aromatic carbocycles. The lowest BCUT2D eigenvalue weighted by Gasteiger charge is -2.19. The van der Waals surface area contributed by atoms with Gasteiger partial charge in [-0.15, -0.1) is 0 Å². The highest BCUT2D eigenvalue weighted by atomic mass is 19.3. The number of amides is 1. The maximum Gasteiger partial charge on any atom is 0.387 e. The monoisotopic (exact) mass is 272 g/mol. The van der Waals surface area contributed by atoms with E-state index >= 15 is 0 Å². The zero-order chi connectivity index (χ0) is 14.6. The number of nitrogens with two attached hydrogens (primary N) is 1. The van der Waals surface area contributed by atoms with Gasteiger partial charge in [-0.2, -0.15) is 8.78 Å². The number of nitrogens with one attached hydrogen (secondary N) is 1. The van der Waals surface area contributed by atoms with Crippen LogP contribution in [0.15, 0.2) is 18.2 Å². The largest absolute Gasteiger partial charge is 0.434 e. The molecular weight excluding hydrogens is 254 g/mol. The van der Waals surface area contributed by atoms with Crippen LogP contribution in [0, 0.1) is 6.92 Å². The van der Waals surface area contributed by atoms with Crippen LogP contribution in [-0.2, 0) is 11.3 Å². The van der Waals surface area contributed by atoms with Crippen LogP contribution in [-0.4, -0.2) is 18.1 Å². The van der Waals surface area contributed by atoms with Gasteiger partial charge in [0.05, 0.1) is 5.54 Å². The molecule has 0 saturated heterocycles. The molecule has 0 atom stereocenters. The van der Waals surface area contributed by atoms with E-state index in [1.165, 1.54) is 6.07 Å². The summed E-state index contributed by atoms with van der Waals surface area (Å²) in [5.74, 6) is -0.312. The van der Waals surface area contributed by atoms with Crippen molar-refractivity contribution in [3.8, 4) is 5.75 Å². The Labute approximate surface area is 110 Å². The number of benzene rings is 1. The third kappa shape index (κ3) is 4.82. The lowest BCUT2D eigenvalue weighted by atomic mass is 10.1. The summed E-state index contributed by atoms with van der Waals surface area (Å²) >= 11 is 0. The van der Waals surface area contributed by atoms with Crippen LogP contribution in [0.1, 0.15) is 25.0 Å². The molecule has 0 aromatic heterocycles. The van der Waals surface area contributed by atoms with E-state index in [4.69, 9.17) is 5.73 Å². The van der Waals surface area contributed by atoms with E-state index in [9.17, 15) is 13.6 Å². The van der Waals surface area contributed by atoms with Crippen molar-refractivity contribution < 1.29 is 18.3 Å². The van der Waals surface area contributed by atoms with Crippen molar-refractivity contribution in [3.05, 3.63) is 29.3 Å². The summed E-state index contributed by atoms with van der Waals surface area (Å²) in [7, 11) is 0. The van der Waals surface area contributed by atoms with Crippen molar-refractivity contribution in [1.82, 2.24) is 5.32 Å². The average molecular weight is 272 g/mol. The van der Waals surface area contributed by atoms with Crippen molar-refractivity contribution in [3.63, 3.8) is 0 Å². The third-order valence-electron chi connectivity index (χ3n) is 2.46. The molecule has 0 aliphatic heterocycles. The fourth-order valence-electron chi connectivity index (χ4n) is 1.46. The minimum absolute atomic E-state index is 0.0516. The molecule has 0 aliphatic rings. The van der Waals surface area contributed by atoms with Gasteiger partial charge in [0, 0.05) is 12.1 Å². The van der Waals surface area contributed by atoms with E-state index in [0.717, 1.165) is 5.56 Å². The molecule has 0 unspecified atom stereocenters. The summed E-state index contributed by atoms with van der Waals surface area (Å²) in [5.41, 5.74) is 5.98. The van der Waals surface area contributed by atoms with E-state index in [1.807, 2.05) is 6.92 Å². The van der Waals surface area contributed by atoms with E-state index in [1.54, 1.807) is 26.0 Å². The lowest BCUT2D eigenvalue weighted by molar-refractivity contribution is -0.125. The van der Waals surface area contributed by atoms with Gasteiger partial charge < -0.3 is 15.8 Å². The number of carbonyl (C=O) groups is 1. The zero-order valence-electron chi connectivity index (χ0n) is 11.2. The second-order valence-corrected chi connectivity index (χ2v) is 4.89. The fraction of sp³-hybridized carbons (Fsp3) is 0.462. The molecule has 0 spiro atoms. The van der Waals surface area contributed by atoms with Gasteiger partial charge in [0.1, 0.15) is 5.75 Å². The number of hydrogen-bond donors (Lipinski definition) is 2. The summed E-state index contributed by atoms with van der Waals surface area (Å²) < 4.78 is 28.9. The molecule has 6 heteroatoms. The van der Waals surface area contributed by atoms with Crippen LogP contribution in [0.25, 0.3) is 0 Å². The third-order valence-corrected chi connectivity index (χ3v) is 2.46. The molecule has 0 radical (unpaired) electrons. The molecule has 0 saturated carbocycles. The van der Waals surface area contributed by atoms with Crippen LogP contribution >= 0.6 is 0 Å². The number of rotatable bonds is 5. The fourth-order valence-corrected chi connectivity index (χ4v) is 1.46. The standard InChI is InChI=1S/C13H18F2N2O2/c1-8-4-5-10(19-12(14)15)9(6-8)7-17-11(18)13(2,3)16/h4-6,12H,7,16H2,1-3H3,(H,17,18). The quantitative estimate of drug-likeness (QED) is 0.861. The molecule has 0 fully saturated rings. The topological polar surface area (TPSA) is 64.3 Å². The molecule has 0 aliphatic carbocycles. The highest BCUT2D eigenvalue weighted by Gasteiger charge is 2.21. The Morgan fingerprint density at radius 3 is 2.63 bits per heavy atom. The Kier molecular flexibility index (Phi) is 4.83. The molecule has 4 nitrogen and oxygen atoms in total. The molecule has 0 bridgehead atoms. The van der Waals surface area contributed by atoms with Gasteiger partial charge in [-0.05, 0) is 26.8 Å². The van der Waals surface area contributed by atoms with Crippen molar-refractivity contribution in [2.24, 2.45) is 5.73 Å². The number of carbonyl (C=O) groups excluding carboxylic acids is 1. The van der Waals surface area contributed by atoms with Gasteiger partial charge in [-0.1, -0.05) is 17.7 Å². The van der Waals surface area contributed by atoms with Crippen molar-refractivity contribution in [1.29, 1.82) is 0 Å². The van der Waals surface area contributed by atoms with E-state index in [2.05, 4.69) is 10.1 Å². The summed E-state index contributed by atoms with van der Waals surface area (Å²) in [6, 6.07) is 4.80. The molecule has 0 heterocycles. The average Bonchev–Trinajstić information content (AvgIpc) is 2.27. The minimum atomic E-state index is -2.90. The first-order valence-electron chi connectivity index (χ1n) is 5.81. The molecule has 1 aromatic rings. The van der Waals surface area contributed by atoms with Gasteiger partial charge >= 0.3 is 6.61 Å². The van der Waals surface area contributed by atoms with Crippen LogP contribution in [0.3, 0.4) is 0 Å². The first kappa shape index (κ1) is 15.4. The first-order valence-corrected chi connectivity index (χ1v) is 5.81. The van der Waals surface area contributed by atoms with Crippen LogP contribution < -0.4 is 15.8 Å². The van der Waals surface area contributed by atoms with Gasteiger partial charge in [-0.3, -0.25) is 4.79 Å². The van der Waals surface area contributed by atoms with Crippen molar-refractivity contribution in [2.75, 3.05) is 0 Å². The van der Waals surface area contributed by atoms with Gasteiger partial charge in [-0.25, -0.2) is 0 Å². The van der Waals surface area contributed by atoms with Crippen molar-refractivity contribution >= 4 is 5.91 Å². The van der Waals surface area contributed by atoms with Gasteiger partial charge in [0.2, 0.25) is 5.91 Å². The predicted molar refractivity (Wildman–Crippen MR) is 67.9 cm³/mol. The molecule has 19 heavy (non-hydrogen) atoms. The Balaban J connectivity index is 2.81. The molecule has 1 amide bonds. The summed E-state index contributed by atoms with van der Waals surface area (Å²) in [6.45, 7) is 2.14. The normalized spacial score (nSPS) is 11.5. The Morgan fingerprint density at radius 1 is 1.47 bits per heavy atom. The summed E-state index contributed by atoms with van der Waals surface area (Å²) in [4.78, 5) is 11.6. The Morgan fingerprint density at radius 2 is 2.11 bits per heavy atom. The second kappa shape index (κ2) is 5.97. The summed E-state index contributed by atoms with van der Waals surface area (Å²) in [5, 5.41) is 2.59. The number of alkyl halides is 2. The molecule has 1 rings (SSSR count). The smallest absolute Gasteiger partial charge is 0.387 e. The van der Waals surface area contributed by atoms with Gasteiger partial charge in [0.25, 0.3) is 0 Å². The number of halogens is 2. The Hall–Kier alpha value is -1.69. The van der Waals surface area contributed by atoms with Crippen LogP contribution in [0.4, 0.5) is 8.78 Å². The van der Waals surface area contributed by atoms with Gasteiger partial charge in [0.15, 0.2) is 0 Å². The lowest BCUT2D eigenvalue weighted by Crippen LogP contribution is -2.48. The van der Waals surface area contributed by atoms with Crippen molar-refractivity contribution in [2.45, 2.75) is 39.5 Å². The SMILES string of the molecule is Cc1ccc(OC(F)F)c(CNC(=O)C(C)(C)N)c1. The van der Waals surface area contributed by atoms with Crippen LogP contribution in [0.2, 0.25) is 0 Å². The minimum Gasteiger partial charge on any atom is -0.434 e. The molecule has 106 valence electrons. The number of hydrogen-bond acceptors (Lipinski definition) is 3. The highest BCUT2D eigenvalue weighted by Crippen LogP contribution is 2.22. The van der Waals surface area contributed by atoms with E-state index in [0.29, 0.717) is 5.56 Å². The molecular formula is C13H18F2N2O2. The second-order valence-electron chi connectivity index (χ2n) is 4.89. The number of aryl methyl sites for hydroxylation is 1. The maximum atomic E-state index is 12.3. The first-order chi connectivity index (χ1) is 8.70. The highest BCUT2D eigenvalue weighted by molar-refractivity contribution is 5.85. The number of ether oxygens (including phenoxy) is 1. The maximum absolute atomic E-state index is 12.3. The molecule has 3 N–H and O–H groups in total. The van der Waals surface area contributed by atoms with E-state index in [-0.39, 0.29) is 18.2 Å². The Bertz CT molecular complexity index is 456.